The third-order valence-electron chi connectivity index (χ3n) is 5.63. The molecule has 2 aliphatic rings. The fourth-order valence-electron chi connectivity index (χ4n) is 4.15. The Morgan fingerprint density at radius 3 is 3.07 bits per heavy atom. The minimum atomic E-state index is 0. The lowest BCUT2D eigenvalue weighted by atomic mass is 9.87. The molecule has 0 amide bonds. The summed E-state index contributed by atoms with van der Waals surface area (Å²) in [5, 5.41) is 5.43. The Bertz CT molecular complexity index is 800. The molecule has 0 saturated carbocycles. The van der Waals surface area contributed by atoms with Crippen LogP contribution in [0.2, 0.25) is 5.02 Å². The van der Waals surface area contributed by atoms with E-state index in [-0.39, 0.29) is 24.0 Å². The molecule has 148 valence electrons. The van der Waals surface area contributed by atoms with E-state index in [4.69, 9.17) is 21.3 Å². The number of hydrogen-bond donors (Lipinski definition) is 2. The van der Waals surface area contributed by atoms with Crippen molar-refractivity contribution in [1.29, 1.82) is 0 Å². The zero-order valence-electron chi connectivity index (χ0n) is 15.8. The molecule has 2 aromatic rings. The fraction of sp³-hybridized carbons (Fsp3) is 0.550. The molecule has 2 N–H and O–H groups in total. The number of likely N-dealkylation sites (tertiary alicyclic amines) is 1. The highest BCUT2D eigenvalue weighted by molar-refractivity contribution is 14.0. The highest BCUT2D eigenvalue weighted by Crippen LogP contribution is 2.38. The fourth-order valence-corrected chi connectivity index (χ4v) is 4.32. The van der Waals surface area contributed by atoms with Crippen molar-refractivity contribution in [2.24, 2.45) is 10.4 Å². The number of guanidine groups is 1. The Morgan fingerprint density at radius 1 is 1.41 bits per heavy atom. The van der Waals surface area contributed by atoms with Gasteiger partial charge in [-0.25, -0.2) is 0 Å². The van der Waals surface area contributed by atoms with Gasteiger partial charge in [-0.2, -0.15) is 0 Å². The number of halogens is 2. The molecule has 2 saturated heterocycles. The topological polar surface area (TPSA) is 52.7 Å². The van der Waals surface area contributed by atoms with Crippen molar-refractivity contribution in [1.82, 2.24) is 15.2 Å². The van der Waals surface area contributed by atoms with Crippen molar-refractivity contribution in [3.63, 3.8) is 0 Å². The molecule has 2 fully saturated rings. The van der Waals surface area contributed by atoms with Crippen molar-refractivity contribution in [3.05, 3.63) is 35.0 Å². The molecule has 1 aromatic heterocycles. The maximum absolute atomic E-state index is 6.15. The van der Waals surface area contributed by atoms with Crippen molar-refractivity contribution < 1.29 is 4.74 Å². The standard InChI is InChI=1S/C20H27ClN4O.HI/c1-2-22-19(25-9-6-20(13-25)7-10-26-14-20)23-8-5-15-12-24-18-4-3-16(21)11-17(15)18;/h3-4,11-12,24H,2,5-10,13-14H2,1H3,(H,22,23);1H. The van der Waals surface area contributed by atoms with Crippen LogP contribution in [0.1, 0.15) is 25.3 Å². The maximum Gasteiger partial charge on any atom is 0.193 e. The summed E-state index contributed by atoms with van der Waals surface area (Å²) < 4.78 is 5.65. The van der Waals surface area contributed by atoms with Gasteiger partial charge < -0.3 is 19.9 Å². The Labute approximate surface area is 182 Å². The number of fused-ring (bicyclic) bond motifs is 1. The lowest BCUT2D eigenvalue weighted by Gasteiger charge is -2.25. The lowest BCUT2D eigenvalue weighted by Crippen LogP contribution is -2.41. The van der Waals surface area contributed by atoms with E-state index in [1.54, 1.807) is 0 Å². The quantitative estimate of drug-likeness (QED) is 0.377. The molecule has 5 nitrogen and oxygen atoms in total. The first kappa shape index (κ1) is 20.7. The van der Waals surface area contributed by atoms with Crippen LogP contribution < -0.4 is 5.32 Å². The summed E-state index contributed by atoms with van der Waals surface area (Å²) in [7, 11) is 0. The second-order valence-electron chi connectivity index (χ2n) is 7.46. The maximum atomic E-state index is 6.15. The van der Waals surface area contributed by atoms with Gasteiger partial charge in [0.15, 0.2) is 5.96 Å². The summed E-state index contributed by atoms with van der Waals surface area (Å²) in [6.07, 6.45) is 5.36. The molecule has 1 unspecified atom stereocenters. The number of aromatic nitrogens is 1. The van der Waals surface area contributed by atoms with Crippen molar-refractivity contribution in [3.8, 4) is 0 Å². The van der Waals surface area contributed by atoms with E-state index in [9.17, 15) is 0 Å². The van der Waals surface area contributed by atoms with Gasteiger partial charge in [-0.05, 0) is 49.9 Å². The minimum absolute atomic E-state index is 0. The average molecular weight is 503 g/mol. The predicted molar refractivity (Wildman–Crippen MR) is 122 cm³/mol. The number of aromatic amines is 1. The van der Waals surface area contributed by atoms with Crippen molar-refractivity contribution in [2.45, 2.75) is 26.2 Å². The van der Waals surface area contributed by atoms with Gasteiger partial charge in [-0.15, -0.1) is 24.0 Å². The Hall–Kier alpha value is -0.990. The number of H-pyrrole nitrogens is 1. The van der Waals surface area contributed by atoms with E-state index in [2.05, 4.69) is 28.3 Å². The Balaban J connectivity index is 0.00000210. The number of nitrogens with one attached hydrogen (secondary N) is 2. The third kappa shape index (κ3) is 4.54. The second kappa shape index (κ2) is 9.01. The first-order chi connectivity index (χ1) is 12.7. The summed E-state index contributed by atoms with van der Waals surface area (Å²) in [6, 6.07) is 5.98. The molecule has 0 bridgehead atoms. The third-order valence-corrected chi connectivity index (χ3v) is 5.87. The predicted octanol–water partition coefficient (Wildman–Crippen LogP) is 4.06. The van der Waals surface area contributed by atoms with Gasteiger partial charge in [0.1, 0.15) is 0 Å². The van der Waals surface area contributed by atoms with Crippen LogP contribution in [0.3, 0.4) is 0 Å². The van der Waals surface area contributed by atoms with Gasteiger partial charge in [0.2, 0.25) is 0 Å². The SMILES string of the molecule is CCNC(=NCCc1c[nH]c2ccc(Cl)cc12)N1CCC2(CCOC2)C1.I. The number of hydrogen-bond acceptors (Lipinski definition) is 2. The van der Waals surface area contributed by atoms with Crippen LogP contribution in [0.15, 0.2) is 29.4 Å². The van der Waals surface area contributed by atoms with Crippen LogP contribution >= 0.6 is 35.6 Å². The monoisotopic (exact) mass is 502 g/mol. The number of benzene rings is 1. The summed E-state index contributed by atoms with van der Waals surface area (Å²) in [4.78, 5) is 10.6. The van der Waals surface area contributed by atoms with Crippen LogP contribution in [0.25, 0.3) is 10.9 Å². The first-order valence-corrected chi connectivity index (χ1v) is 9.93. The van der Waals surface area contributed by atoms with E-state index >= 15 is 0 Å². The molecule has 1 atom stereocenters. The average Bonchev–Trinajstić information content (AvgIpc) is 3.36. The minimum Gasteiger partial charge on any atom is -0.381 e. The molecule has 27 heavy (non-hydrogen) atoms. The second-order valence-corrected chi connectivity index (χ2v) is 7.90. The van der Waals surface area contributed by atoms with Crippen molar-refractivity contribution >= 4 is 52.4 Å². The molecule has 7 heteroatoms. The van der Waals surface area contributed by atoms with Crippen LogP contribution in [0.4, 0.5) is 0 Å². The number of rotatable bonds is 4. The first-order valence-electron chi connectivity index (χ1n) is 9.56. The zero-order valence-corrected chi connectivity index (χ0v) is 18.8. The van der Waals surface area contributed by atoms with Gasteiger partial charge in [-0.3, -0.25) is 4.99 Å². The van der Waals surface area contributed by atoms with E-state index in [0.717, 1.165) is 62.3 Å². The summed E-state index contributed by atoms with van der Waals surface area (Å²) in [5.74, 6) is 1.04. The van der Waals surface area contributed by atoms with E-state index in [1.165, 1.54) is 23.8 Å². The van der Waals surface area contributed by atoms with E-state index < -0.39 is 0 Å². The molecule has 1 spiro atoms. The number of aliphatic imine (C=N–C) groups is 1. The normalized spacial score (nSPS) is 22.6. The van der Waals surface area contributed by atoms with Crippen LogP contribution in [-0.2, 0) is 11.2 Å². The number of nitrogens with zero attached hydrogens (tertiary/aromatic N) is 2. The molecule has 0 radical (unpaired) electrons. The summed E-state index contributed by atoms with van der Waals surface area (Å²) in [5.41, 5.74) is 2.75. The molecule has 2 aliphatic heterocycles. The number of ether oxygens (including phenoxy) is 1. The summed E-state index contributed by atoms with van der Waals surface area (Å²) >= 11 is 6.15. The smallest absolute Gasteiger partial charge is 0.193 e. The Kier molecular flexibility index (Phi) is 6.92. The lowest BCUT2D eigenvalue weighted by molar-refractivity contribution is 0.156. The van der Waals surface area contributed by atoms with Crippen LogP contribution in [0.5, 0.6) is 0 Å². The van der Waals surface area contributed by atoms with Gasteiger partial charge in [0, 0.05) is 60.3 Å². The van der Waals surface area contributed by atoms with Gasteiger partial charge in [-0.1, -0.05) is 11.6 Å². The summed E-state index contributed by atoms with van der Waals surface area (Å²) in [6.45, 7) is 7.72. The van der Waals surface area contributed by atoms with Crippen molar-refractivity contribution in [2.75, 3.05) is 39.4 Å². The molecular formula is C20H28ClIN4O. The van der Waals surface area contributed by atoms with Gasteiger partial charge in [0.05, 0.1) is 6.61 Å². The molecule has 4 rings (SSSR count). The molecule has 3 heterocycles. The van der Waals surface area contributed by atoms with Crippen LogP contribution in [0, 0.1) is 5.41 Å². The molecular weight excluding hydrogens is 475 g/mol. The molecule has 0 aliphatic carbocycles. The zero-order chi connectivity index (χ0) is 18.0. The highest BCUT2D eigenvalue weighted by Gasteiger charge is 2.42. The van der Waals surface area contributed by atoms with Crippen LogP contribution in [-0.4, -0.2) is 55.2 Å². The van der Waals surface area contributed by atoms with Gasteiger partial charge in [0.25, 0.3) is 0 Å². The van der Waals surface area contributed by atoms with Gasteiger partial charge >= 0.3 is 0 Å². The van der Waals surface area contributed by atoms with E-state index in [1.807, 2.05) is 18.2 Å². The largest absolute Gasteiger partial charge is 0.381 e. The Morgan fingerprint density at radius 2 is 2.30 bits per heavy atom. The molecule has 1 aromatic carbocycles. The highest BCUT2D eigenvalue weighted by atomic mass is 127. The van der Waals surface area contributed by atoms with E-state index in [0.29, 0.717) is 5.41 Å².